The second kappa shape index (κ2) is 11.3. The van der Waals surface area contributed by atoms with Crippen molar-refractivity contribution in [3.8, 4) is 11.5 Å². The fraction of sp³-hybridized carbons (Fsp3) is 0.222. The van der Waals surface area contributed by atoms with E-state index in [4.69, 9.17) is 19.9 Å². The van der Waals surface area contributed by atoms with Gasteiger partial charge in [0, 0.05) is 36.6 Å². The Labute approximate surface area is 210 Å². The Morgan fingerprint density at radius 3 is 2.64 bits per heavy atom. The number of fused-ring (bicyclic) bond motifs is 1. The van der Waals surface area contributed by atoms with Crippen molar-refractivity contribution >= 4 is 34.0 Å². The van der Waals surface area contributed by atoms with Gasteiger partial charge in [-0.1, -0.05) is 19.9 Å². The second-order valence-corrected chi connectivity index (χ2v) is 8.41. The summed E-state index contributed by atoms with van der Waals surface area (Å²) in [5, 5.41) is 23.1. The number of hydrogen-bond donors (Lipinski definition) is 3. The standard InChI is InChI=1S/C27H29N7O2/c1-17(2)18-11-27(34-31-14-18)33-26-9-8-24-25(32-26)10-19(13-30-24)22(15-29-3)23(28)16-36-21-7-5-6-20(12-21)35-4/h5-15,17,28-29H,16H2,1-4H3,(H,32,33,34)/b22-15-,28-23?. The zero-order valence-electron chi connectivity index (χ0n) is 20.7. The Bertz CT molecular complexity index is 1400. The minimum atomic E-state index is 0.0819. The Hall–Kier alpha value is -4.53. The Kier molecular flexibility index (Phi) is 7.69. The molecule has 184 valence electrons. The highest BCUT2D eigenvalue weighted by Crippen LogP contribution is 2.24. The molecule has 4 aromatic rings. The van der Waals surface area contributed by atoms with E-state index in [1.165, 1.54) is 0 Å². The maximum absolute atomic E-state index is 8.65. The van der Waals surface area contributed by atoms with Crippen molar-refractivity contribution in [1.29, 1.82) is 5.41 Å². The summed E-state index contributed by atoms with van der Waals surface area (Å²) in [6.07, 6.45) is 5.26. The number of anilines is 2. The van der Waals surface area contributed by atoms with E-state index in [0.717, 1.165) is 16.6 Å². The van der Waals surface area contributed by atoms with Gasteiger partial charge in [-0.25, -0.2) is 4.98 Å². The number of methoxy groups -OCH3 is 1. The van der Waals surface area contributed by atoms with Gasteiger partial charge in [0.05, 0.1) is 30.1 Å². The van der Waals surface area contributed by atoms with E-state index < -0.39 is 0 Å². The molecule has 0 radical (unpaired) electrons. The van der Waals surface area contributed by atoms with Crippen LogP contribution in [0, 0.1) is 5.41 Å². The van der Waals surface area contributed by atoms with Crippen molar-refractivity contribution in [3.05, 3.63) is 78.3 Å². The molecule has 1 aromatic carbocycles. The quantitative estimate of drug-likeness (QED) is 0.271. The number of nitrogens with one attached hydrogen (secondary N) is 3. The maximum Gasteiger partial charge on any atom is 0.154 e. The molecule has 0 aliphatic rings. The van der Waals surface area contributed by atoms with Crippen molar-refractivity contribution in [2.45, 2.75) is 19.8 Å². The van der Waals surface area contributed by atoms with Crippen LogP contribution in [-0.2, 0) is 0 Å². The summed E-state index contributed by atoms with van der Waals surface area (Å²) in [6.45, 7) is 4.30. The van der Waals surface area contributed by atoms with Gasteiger partial charge in [-0.15, -0.1) is 5.10 Å². The molecule has 0 aliphatic heterocycles. The third-order valence-electron chi connectivity index (χ3n) is 5.48. The summed E-state index contributed by atoms with van der Waals surface area (Å²) in [6, 6.07) is 14.9. The SMILES string of the molecule is CN/C=C(\C(=N)COc1cccc(OC)c1)c1cnc2ccc(Nc3cc(C(C)C)cnn3)nc2c1. The highest BCUT2D eigenvalue weighted by molar-refractivity contribution is 6.23. The third kappa shape index (κ3) is 5.93. The molecule has 9 heteroatoms. The molecule has 0 unspecified atom stereocenters. The predicted octanol–water partition coefficient (Wildman–Crippen LogP) is 4.95. The number of pyridine rings is 2. The lowest BCUT2D eigenvalue weighted by Gasteiger charge is -2.13. The van der Waals surface area contributed by atoms with Crippen molar-refractivity contribution in [1.82, 2.24) is 25.5 Å². The normalized spacial score (nSPS) is 11.4. The summed E-state index contributed by atoms with van der Waals surface area (Å²) in [5.41, 5.74) is 4.23. The van der Waals surface area contributed by atoms with Crippen LogP contribution in [0.3, 0.4) is 0 Å². The Morgan fingerprint density at radius 1 is 1.03 bits per heavy atom. The predicted molar refractivity (Wildman–Crippen MR) is 142 cm³/mol. The molecule has 3 heterocycles. The number of benzene rings is 1. The van der Waals surface area contributed by atoms with Crippen LogP contribution in [0.25, 0.3) is 16.6 Å². The van der Waals surface area contributed by atoms with Crippen molar-refractivity contribution in [3.63, 3.8) is 0 Å². The zero-order chi connectivity index (χ0) is 25.5. The summed E-state index contributed by atoms with van der Waals surface area (Å²) in [7, 11) is 3.39. The number of ether oxygens (including phenoxy) is 2. The van der Waals surface area contributed by atoms with Gasteiger partial charge < -0.3 is 25.5 Å². The van der Waals surface area contributed by atoms with Gasteiger partial charge in [0.25, 0.3) is 0 Å². The van der Waals surface area contributed by atoms with Gasteiger partial charge in [-0.3, -0.25) is 4.98 Å². The van der Waals surface area contributed by atoms with E-state index in [-0.39, 0.29) is 6.61 Å². The van der Waals surface area contributed by atoms with Crippen molar-refractivity contribution in [2.24, 2.45) is 0 Å². The summed E-state index contributed by atoms with van der Waals surface area (Å²) in [4.78, 5) is 9.27. The molecule has 4 rings (SSSR count). The molecule has 0 saturated carbocycles. The van der Waals surface area contributed by atoms with Gasteiger partial charge in [-0.05, 0) is 47.9 Å². The van der Waals surface area contributed by atoms with Crippen LogP contribution < -0.4 is 20.1 Å². The highest BCUT2D eigenvalue weighted by Gasteiger charge is 2.12. The summed E-state index contributed by atoms with van der Waals surface area (Å²) >= 11 is 0. The first-order valence-corrected chi connectivity index (χ1v) is 11.6. The minimum Gasteiger partial charge on any atom is -0.497 e. The first-order valence-electron chi connectivity index (χ1n) is 11.6. The van der Waals surface area contributed by atoms with Crippen LogP contribution >= 0.6 is 0 Å². The van der Waals surface area contributed by atoms with E-state index in [9.17, 15) is 0 Å². The number of rotatable bonds is 10. The van der Waals surface area contributed by atoms with Gasteiger partial charge in [0.2, 0.25) is 0 Å². The molecular formula is C27H29N7O2. The fourth-order valence-electron chi connectivity index (χ4n) is 3.53. The number of aromatic nitrogens is 4. The number of nitrogens with zero attached hydrogens (tertiary/aromatic N) is 4. The van der Waals surface area contributed by atoms with E-state index in [0.29, 0.717) is 45.9 Å². The topological polar surface area (TPSA) is 118 Å². The summed E-state index contributed by atoms with van der Waals surface area (Å²) in [5.74, 6) is 2.93. The lowest BCUT2D eigenvalue weighted by atomic mass is 10.0. The average molecular weight is 484 g/mol. The van der Waals surface area contributed by atoms with Crippen LogP contribution in [0.15, 0.2) is 67.1 Å². The van der Waals surface area contributed by atoms with Gasteiger partial charge in [-0.2, -0.15) is 5.10 Å². The molecular weight excluding hydrogens is 454 g/mol. The van der Waals surface area contributed by atoms with Crippen LogP contribution in [0.1, 0.15) is 30.9 Å². The van der Waals surface area contributed by atoms with E-state index in [1.807, 2.05) is 42.5 Å². The first kappa shape index (κ1) is 24.6. The van der Waals surface area contributed by atoms with Crippen LogP contribution in [0.4, 0.5) is 11.6 Å². The second-order valence-electron chi connectivity index (χ2n) is 8.41. The smallest absolute Gasteiger partial charge is 0.154 e. The molecule has 9 nitrogen and oxygen atoms in total. The Morgan fingerprint density at radius 2 is 1.86 bits per heavy atom. The molecule has 0 spiro atoms. The number of hydrogen-bond acceptors (Lipinski definition) is 9. The maximum atomic E-state index is 8.65. The fourth-order valence-corrected chi connectivity index (χ4v) is 3.53. The van der Waals surface area contributed by atoms with Gasteiger partial charge in [0.15, 0.2) is 5.82 Å². The van der Waals surface area contributed by atoms with Gasteiger partial charge in [0.1, 0.15) is 23.9 Å². The molecule has 3 N–H and O–H groups in total. The molecule has 0 saturated heterocycles. The van der Waals surface area contributed by atoms with Crippen molar-refractivity contribution in [2.75, 3.05) is 26.1 Å². The third-order valence-corrected chi connectivity index (χ3v) is 5.48. The monoisotopic (exact) mass is 483 g/mol. The van der Waals surface area contributed by atoms with Crippen LogP contribution in [0.5, 0.6) is 11.5 Å². The highest BCUT2D eigenvalue weighted by atomic mass is 16.5. The zero-order valence-corrected chi connectivity index (χ0v) is 20.7. The summed E-state index contributed by atoms with van der Waals surface area (Å²) < 4.78 is 11.1. The largest absolute Gasteiger partial charge is 0.497 e. The lowest BCUT2D eigenvalue weighted by molar-refractivity contribution is 0.369. The molecule has 0 atom stereocenters. The molecule has 0 bridgehead atoms. The molecule has 0 amide bonds. The minimum absolute atomic E-state index is 0.0819. The van der Waals surface area contributed by atoms with Gasteiger partial charge >= 0.3 is 0 Å². The molecule has 3 aromatic heterocycles. The van der Waals surface area contributed by atoms with Crippen LogP contribution in [-0.4, -0.2) is 46.6 Å². The lowest BCUT2D eigenvalue weighted by Crippen LogP contribution is -2.14. The Balaban J connectivity index is 1.55. The molecule has 0 aliphatic carbocycles. The van der Waals surface area contributed by atoms with E-state index in [1.54, 1.807) is 38.8 Å². The van der Waals surface area contributed by atoms with Crippen LogP contribution in [0.2, 0.25) is 0 Å². The van der Waals surface area contributed by atoms with E-state index in [2.05, 4.69) is 39.7 Å². The molecule has 0 fully saturated rings. The van der Waals surface area contributed by atoms with E-state index >= 15 is 0 Å². The molecule has 36 heavy (non-hydrogen) atoms. The first-order chi connectivity index (χ1) is 17.5. The average Bonchev–Trinajstić information content (AvgIpc) is 2.90. The van der Waals surface area contributed by atoms with Crippen molar-refractivity contribution < 1.29 is 9.47 Å².